The molecule has 0 bridgehead atoms. The maximum Gasteiger partial charge on any atom is 0.573 e. The number of halogens is 7. The second-order valence-electron chi connectivity index (χ2n) is 3.71. The molecule has 20 heavy (non-hydrogen) atoms. The summed E-state index contributed by atoms with van der Waals surface area (Å²) in [5, 5.41) is 0. The van der Waals surface area contributed by atoms with Crippen molar-refractivity contribution in [1.29, 1.82) is 0 Å². The quantitative estimate of drug-likeness (QED) is 0.446. The van der Waals surface area contributed by atoms with Crippen molar-refractivity contribution in [3.05, 3.63) is 29.3 Å². The van der Waals surface area contributed by atoms with Crippen LogP contribution in [0.2, 0.25) is 0 Å². The zero-order chi connectivity index (χ0) is 15.7. The average Bonchev–Trinajstić information content (AvgIpc) is 2.24. The topological polar surface area (TPSA) is 26.3 Å². The van der Waals surface area contributed by atoms with Crippen molar-refractivity contribution in [2.75, 3.05) is 0 Å². The number of ether oxygens (including phenoxy) is 1. The Morgan fingerprint density at radius 2 is 1.75 bits per heavy atom. The van der Waals surface area contributed by atoms with Crippen LogP contribution in [-0.4, -0.2) is 17.0 Å². The molecule has 0 aliphatic heterocycles. The van der Waals surface area contributed by atoms with Crippen LogP contribution < -0.4 is 4.74 Å². The molecular formula is C11H7BrF6O2. The molecule has 1 aromatic rings. The molecule has 0 aliphatic rings. The fourth-order valence-corrected chi connectivity index (χ4v) is 1.64. The largest absolute Gasteiger partial charge is 0.573 e. The molecule has 0 saturated heterocycles. The van der Waals surface area contributed by atoms with Gasteiger partial charge in [0.25, 0.3) is 0 Å². The van der Waals surface area contributed by atoms with E-state index < -0.39 is 40.0 Å². The van der Waals surface area contributed by atoms with Crippen molar-refractivity contribution in [3.63, 3.8) is 0 Å². The van der Waals surface area contributed by atoms with E-state index in [0.717, 1.165) is 12.1 Å². The molecule has 0 heterocycles. The minimum Gasteiger partial charge on any atom is -0.404 e. The Kier molecular flexibility index (Phi) is 4.73. The first-order chi connectivity index (χ1) is 8.93. The Morgan fingerprint density at radius 1 is 1.20 bits per heavy atom. The standard InChI is InChI=1S/C11H7BrF6O2/c1-5(12)8(19)6-3-2-4-7(10(13,14)15)9(6)20-11(16,17)18/h2-5H,1H3. The molecule has 0 aliphatic carbocycles. The molecule has 1 aromatic carbocycles. The fourth-order valence-electron chi connectivity index (χ4n) is 1.39. The van der Waals surface area contributed by atoms with Crippen molar-refractivity contribution in [2.24, 2.45) is 0 Å². The average molecular weight is 365 g/mol. The summed E-state index contributed by atoms with van der Waals surface area (Å²) in [7, 11) is 0. The molecule has 2 nitrogen and oxygen atoms in total. The van der Waals surface area contributed by atoms with Crippen molar-refractivity contribution in [1.82, 2.24) is 0 Å². The SMILES string of the molecule is CC(Br)C(=O)c1cccc(C(F)(F)F)c1OC(F)(F)F. The third-order valence-electron chi connectivity index (χ3n) is 2.16. The van der Waals surface area contributed by atoms with Gasteiger partial charge in [-0.15, -0.1) is 13.2 Å². The zero-order valence-corrected chi connectivity index (χ0v) is 11.4. The summed E-state index contributed by atoms with van der Waals surface area (Å²) in [6, 6.07) is 2.10. The van der Waals surface area contributed by atoms with Crippen LogP contribution in [0.1, 0.15) is 22.8 Å². The molecule has 0 saturated carbocycles. The van der Waals surface area contributed by atoms with E-state index >= 15 is 0 Å². The van der Waals surface area contributed by atoms with E-state index in [4.69, 9.17) is 0 Å². The number of ketones is 1. The van der Waals surface area contributed by atoms with Crippen LogP contribution >= 0.6 is 15.9 Å². The van der Waals surface area contributed by atoms with Crippen LogP contribution in [0.4, 0.5) is 26.3 Å². The Bertz CT molecular complexity index is 507. The van der Waals surface area contributed by atoms with Gasteiger partial charge in [-0.05, 0) is 19.1 Å². The molecule has 0 radical (unpaired) electrons. The predicted molar refractivity (Wildman–Crippen MR) is 60.8 cm³/mol. The highest BCUT2D eigenvalue weighted by Crippen LogP contribution is 2.41. The molecule has 1 rings (SSSR count). The summed E-state index contributed by atoms with van der Waals surface area (Å²) >= 11 is 2.80. The molecule has 112 valence electrons. The highest BCUT2D eigenvalue weighted by Gasteiger charge is 2.41. The monoisotopic (exact) mass is 364 g/mol. The van der Waals surface area contributed by atoms with Crippen LogP contribution in [0.3, 0.4) is 0 Å². The fraction of sp³-hybridized carbons (Fsp3) is 0.364. The molecule has 0 spiro atoms. The minimum absolute atomic E-state index is 0.413. The summed E-state index contributed by atoms with van der Waals surface area (Å²) in [5.74, 6) is -2.49. The minimum atomic E-state index is -5.34. The lowest BCUT2D eigenvalue weighted by Crippen LogP contribution is -2.23. The van der Waals surface area contributed by atoms with Gasteiger partial charge in [0, 0.05) is 0 Å². The molecule has 1 atom stereocenters. The summed E-state index contributed by atoms with van der Waals surface area (Å²) in [5.41, 5.74) is -2.45. The van der Waals surface area contributed by atoms with Crippen molar-refractivity contribution in [3.8, 4) is 5.75 Å². The van der Waals surface area contributed by atoms with Crippen molar-refractivity contribution < 1.29 is 35.9 Å². The molecule has 0 fully saturated rings. The van der Waals surface area contributed by atoms with E-state index in [1.54, 1.807) is 0 Å². The third kappa shape index (κ3) is 4.12. The number of alkyl halides is 7. The number of rotatable bonds is 3. The lowest BCUT2D eigenvalue weighted by Gasteiger charge is -2.18. The summed E-state index contributed by atoms with van der Waals surface area (Å²) in [4.78, 5) is 10.7. The number of carbonyl (C=O) groups excluding carboxylic acids is 1. The van der Waals surface area contributed by atoms with Gasteiger partial charge in [-0.3, -0.25) is 4.79 Å². The Morgan fingerprint density at radius 3 is 2.15 bits per heavy atom. The zero-order valence-electron chi connectivity index (χ0n) is 9.77. The number of hydrogen-bond acceptors (Lipinski definition) is 2. The summed E-state index contributed by atoms with van der Waals surface area (Å²) in [6.45, 7) is 1.28. The van der Waals surface area contributed by atoms with Crippen LogP contribution in [0.5, 0.6) is 5.75 Å². The van der Waals surface area contributed by atoms with Crippen LogP contribution in [-0.2, 0) is 6.18 Å². The lowest BCUT2D eigenvalue weighted by atomic mass is 10.0. The van der Waals surface area contributed by atoms with E-state index in [9.17, 15) is 31.1 Å². The van der Waals surface area contributed by atoms with Crippen molar-refractivity contribution in [2.45, 2.75) is 24.3 Å². The number of Topliss-reactive ketones (excluding diaryl/α,β-unsaturated/α-hetero) is 1. The predicted octanol–water partition coefficient (Wildman–Crippen LogP) is 4.57. The van der Waals surface area contributed by atoms with Gasteiger partial charge in [-0.2, -0.15) is 13.2 Å². The number of carbonyl (C=O) groups is 1. The molecule has 0 N–H and O–H groups in total. The van der Waals surface area contributed by atoms with Gasteiger partial charge in [0.1, 0.15) is 0 Å². The van der Waals surface area contributed by atoms with Gasteiger partial charge in [-0.1, -0.05) is 22.0 Å². The Labute approximate surface area is 117 Å². The first kappa shape index (κ1) is 16.8. The maximum absolute atomic E-state index is 12.7. The second kappa shape index (κ2) is 5.63. The smallest absolute Gasteiger partial charge is 0.404 e. The van der Waals surface area contributed by atoms with Gasteiger partial charge in [0.05, 0.1) is 16.0 Å². The number of hydrogen-bond donors (Lipinski definition) is 0. The molecule has 0 aromatic heterocycles. The van der Waals surface area contributed by atoms with Crippen LogP contribution in [0.15, 0.2) is 18.2 Å². The molecule has 9 heteroatoms. The highest BCUT2D eigenvalue weighted by molar-refractivity contribution is 9.10. The van der Waals surface area contributed by atoms with Gasteiger partial charge >= 0.3 is 12.5 Å². The van der Waals surface area contributed by atoms with Crippen LogP contribution in [0, 0.1) is 0 Å². The van der Waals surface area contributed by atoms with Gasteiger partial charge < -0.3 is 4.74 Å². The molecule has 0 amide bonds. The van der Waals surface area contributed by atoms with Gasteiger partial charge in [-0.25, -0.2) is 0 Å². The van der Waals surface area contributed by atoms with Crippen molar-refractivity contribution >= 4 is 21.7 Å². The van der Waals surface area contributed by atoms with E-state index in [1.807, 2.05) is 0 Å². The molecule has 1 unspecified atom stereocenters. The number of para-hydroxylation sites is 1. The number of benzene rings is 1. The van der Waals surface area contributed by atoms with E-state index in [0.29, 0.717) is 6.07 Å². The van der Waals surface area contributed by atoms with E-state index in [2.05, 4.69) is 20.7 Å². The summed E-state index contributed by atoms with van der Waals surface area (Å²) < 4.78 is 78.2. The van der Waals surface area contributed by atoms with Crippen LogP contribution in [0.25, 0.3) is 0 Å². The molecular weight excluding hydrogens is 358 g/mol. The third-order valence-corrected chi connectivity index (χ3v) is 2.58. The first-order valence-electron chi connectivity index (χ1n) is 5.07. The normalized spacial score (nSPS) is 14.0. The highest BCUT2D eigenvalue weighted by atomic mass is 79.9. The Hall–Kier alpha value is -1.25. The summed E-state index contributed by atoms with van der Waals surface area (Å²) in [6.07, 6.45) is -10.4. The van der Waals surface area contributed by atoms with Gasteiger partial charge in [0.15, 0.2) is 11.5 Å². The second-order valence-corrected chi connectivity index (χ2v) is 5.08. The Balaban J connectivity index is 3.49. The maximum atomic E-state index is 12.7. The first-order valence-corrected chi connectivity index (χ1v) is 5.99. The van der Waals surface area contributed by atoms with Gasteiger partial charge in [0.2, 0.25) is 0 Å². The van der Waals surface area contributed by atoms with E-state index in [-0.39, 0.29) is 0 Å². The lowest BCUT2D eigenvalue weighted by molar-refractivity contribution is -0.276. The van der Waals surface area contributed by atoms with E-state index in [1.165, 1.54) is 6.92 Å².